The minimum atomic E-state index is -0.241. The Morgan fingerprint density at radius 2 is 2.17 bits per heavy atom. The van der Waals surface area contributed by atoms with Crippen LogP contribution in [0.1, 0.15) is 25.1 Å². The molecule has 0 aliphatic heterocycles. The van der Waals surface area contributed by atoms with E-state index in [9.17, 15) is 4.79 Å². The Labute approximate surface area is 129 Å². The van der Waals surface area contributed by atoms with Gasteiger partial charge in [0.1, 0.15) is 6.04 Å². The van der Waals surface area contributed by atoms with Crippen molar-refractivity contribution in [3.8, 4) is 0 Å². The van der Waals surface area contributed by atoms with Crippen molar-refractivity contribution in [3.63, 3.8) is 0 Å². The topological polar surface area (TPSA) is 38.3 Å². The first kappa shape index (κ1) is 16.1. The van der Waals surface area contributed by atoms with E-state index < -0.39 is 0 Å². The number of rotatable bonds is 6. The fraction of sp³-hybridized carbons (Fsp3) is 0.583. The van der Waals surface area contributed by atoms with Gasteiger partial charge in [0, 0.05) is 15.9 Å². The molecule has 0 saturated carbocycles. The van der Waals surface area contributed by atoms with E-state index in [1.54, 1.807) is 11.3 Å². The molecule has 102 valence electrons. The second-order valence-electron chi connectivity index (χ2n) is 4.42. The molecule has 1 aromatic rings. The summed E-state index contributed by atoms with van der Waals surface area (Å²) in [6, 6.07) is 1.81. The summed E-state index contributed by atoms with van der Waals surface area (Å²) >= 11 is 8.56. The lowest BCUT2D eigenvalue weighted by atomic mass is 10.0. The first-order chi connectivity index (χ1) is 8.43. The molecule has 1 heterocycles. The van der Waals surface area contributed by atoms with Gasteiger partial charge in [0.25, 0.3) is 0 Å². The van der Waals surface area contributed by atoms with Crippen LogP contribution in [0.25, 0.3) is 0 Å². The number of carbonyl (C=O) groups excluding carboxylic acids is 1. The normalized spacial score (nSPS) is 12.8. The quantitative estimate of drug-likeness (QED) is 0.737. The molecule has 3 nitrogen and oxygen atoms in total. The zero-order valence-corrected chi connectivity index (χ0v) is 14.6. The van der Waals surface area contributed by atoms with Crippen LogP contribution in [0, 0.1) is 5.92 Å². The first-order valence-electron chi connectivity index (χ1n) is 5.69. The second-order valence-corrected chi connectivity index (χ2v) is 7.73. The molecule has 1 aromatic heterocycles. The van der Waals surface area contributed by atoms with Gasteiger partial charge < -0.3 is 4.74 Å². The molecule has 1 unspecified atom stereocenters. The molecule has 1 N–H and O–H groups in total. The van der Waals surface area contributed by atoms with E-state index in [-0.39, 0.29) is 12.0 Å². The van der Waals surface area contributed by atoms with E-state index in [0.717, 1.165) is 14.7 Å². The predicted molar refractivity (Wildman–Crippen MR) is 81.8 cm³/mol. The number of carbonyl (C=O) groups is 1. The largest absolute Gasteiger partial charge is 0.468 e. The Hall–Kier alpha value is 0.0900. The number of hydrogen-bond acceptors (Lipinski definition) is 4. The minimum Gasteiger partial charge on any atom is -0.468 e. The van der Waals surface area contributed by atoms with Crippen molar-refractivity contribution in [2.75, 3.05) is 7.11 Å². The van der Waals surface area contributed by atoms with E-state index in [1.165, 1.54) is 12.0 Å². The lowest BCUT2D eigenvalue weighted by Gasteiger charge is -2.17. The Morgan fingerprint density at radius 3 is 2.61 bits per heavy atom. The molecule has 0 saturated heterocycles. The van der Waals surface area contributed by atoms with Crippen LogP contribution < -0.4 is 5.32 Å². The summed E-state index contributed by atoms with van der Waals surface area (Å²) in [6.45, 7) is 4.85. The highest BCUT2D eigenvalue weighted by Crippen LogP contribution is 2.32. The number of hydrogen-bond donors (Lipinski definition) is 1. The highest BCUT2D eigenvalue weighted by molar-refractivity contribution is 9.13. The van der Waals surface area contributed by atoms with Crippen LogP contribution in [0.5, 0.6) is 0 Å². The fourth-order valence-electron chi connectivity index (χ4n) is 1.58. The Kier molecular flexibility index (Phi) is 6.84. The third kappa shape index (κ3) is 4.99. The van der Waals surface area contributed by atoms with Gasteiger partial charge in [0.15, 0.2) is 0 Å². The van der Waals surface area contributed by atoms with E-state index >= 15 is 0 Å². The number of halogens is 2. The van der Waals surface area contributed by atoms with Crippen LogP contribution in [-0.2, 0) is 16.1 Å². The fourth-order valence-corrected chi connectivity index (χ4v) is 3.71. The van der Waals surface area contributed by atoms with Crippen LogP contribution >= 0.6 is 43.2 Å². The zero-order chi connectivity index (χ0) is 13.7. The smallest absolute Gasteiger partial charge is 0.322 e. The van der Waals surface area contributed by atoms with Gasteiger partial charge in [-0.1, -0.05) is 13.8 Å². The van der Waals surface area contributed by atoms with E-state index in [0.29, 0.717) is 12.5 Å². The van der Waals surface area contributed by atoms with Crippen molar-refractivity contribution in [2.24, 2.45) is 5.92 Å². The molecule has 0 aliphatic rings. The Bertz CT molecular complexity index is 387. The summed E-state index contributed by atoms with van der Waals surface area (Å²) in [6.07, 6.45) is 0.778. The van der Waals surface area contributed by atoms with Gasteiger partial charge in [-0.25, -0.2) is 0 Å². The van der Waals surface area contributed by atoms with Gasteiger partial charge in [-0.2, -0.15) is 0 Å². The number of methoxy groups -OCH3 is 1. The van der Waals surface area contributed by atoms with Crippen LogP contribution in [-0.4, -0.2) is 19.1 Å². The average molecular weight is 399 g/mol. The van der Waals surface area contributed by atoms with Crippen LogP contribution in [0.3, 0.4) is 0 Å². The average Bonchev–Trinajstić information content (AvgIpc) is 2.62. The number of esters is 1. The molecule has 0 bridgehead atoms. The Morgan fingerprint density at radius 1 is 1.50 bits per heavy atom. The molecule has 0 fully saturated rings. The van der Waals surface area contributed by atoms with Crippen molar-refractivity contribution >= 4 is 49.2 Å². The van der Waals surface area contributed by atoms with Gasteiger partial charge in [0.05, 0.1) is 10.9 Å². The lowest BCUT2D eigenvalue weighted by molar-refractivity contribution is -0.143. The van der Waals surface area contributed by atoms with Gasteiger partial charge in [-0.15, -0.1) is 11.3 Å². The summed E-state index contributed by atoms with van der Waals surface area (Å²) in [5, 5.41) is 3.25. The zero-order valence-electron chi connectivity index (χ0n) is 10.6. The van der Waals surface area contributed by atoms with E-state index in [4.69, 9.17) is 4.74 Å². The van der Waals surface area contributed by atoms with Crippen LogP contribution in [0.2, 0.25) is 0 Å². The van der Waals surface area contributed by atoms with Gasteiger partial charge in [0.2, 0.25) is 0 Å². The number of nitrogens with one attached hydrogen (secondary N) is 1. The molecule has 0 spiro atoms. The van der Waals surface area contributed by atoms with Gasteiger partial charge >= 0.3 is 5.97 Å². The summed E-state index contributed by atoms with van der Waals surface area (Å²) < 4.78 is 6.93. The standard InChI is InChI=1S/C12H17Br2NO2S/c1-7(2)4-10(12(16)17-3)15-6-8-5-9(13)11(14)18-8/h5,7,10,15H,4,6H2,1-3H3. The SMILES string of the molecule is COC(=O)C(CC(C)C)NCc1cc(Br)c(Br)s1. The lowest BCUT2D eigenvalue weighted by Crippen LogP contribution is -2.38. The maximum absolute atomic E-state index is 11.6. The third-order valence-corrected chi connectivity index (χ3v) is 5.67. The monoisotopic (exact) mass is 397 g/mol. The molecular formula is C12H17Br2NO2S. The minimum absolute atomic E-state index is 0.196. The third-order valence-electron chi connectivity index (χ3n) is 2.41. The summed E-state index contributed by atoms with van der Waals surface area (Å²) in [5.41, 5.74) is 0. The maximum Gasteiger partial charge on any atom is 0.322 e. The number of ether oxygens (including phenoxy) is 1. The molecule has 0 radical (unpaired) electrons. The molecule has 18 heavy (non-hydrogen) atoms. The van der Waals surface area contributed by atoms with Gasteiger partial charge in [-0.05, 0) is 50.3 Å². The molecular weight excluding hydrogens is 382 g/mol. The summed E-state index contributed by atoms with van der Waals surface area (Å²) in [4.78, 5) is 12.8. The number of thiophene rings is 1. The summed E-state index contributed by atoms with van der Waals surface area (Å²) in [7, 11) is 1.43. The van der Waals surface area contributed by atoms with Crippen LogP contribution in [0.4, 0.5) is 0 Å². The first-order valence-corrected chi connectivity index (χ1v) is 8.09. The summed E-state index contributed by atoms with van der Waals surface area (Å²) in [5.74, 6) is 0.252. The molecule has 1 rings (SSSR count). The molecule has 6 heteroatoms. The molecule has 1 atom stereocenters. The van der Waals surface area contributed by atoms with E-state index in [1.807, 2.05) is 6.07 Å². The second kappa shape index (κ2) is 7.62. The highest BCUT2D eigenvalue weighted by atomic mass is 79.9. The van der Waals surface area contributed by atoms with Crippen LogP contribution in [0.15, 0.2) is 14.3 Å². The maximum atomic E-state index is 11.6. The van der Waals surface area contributed by atoms with Crippen molar-refractivity contribution in [3.05, 3.63) is 19.2 Å². The molecule has 0 amide bonds. The van der Waals surface area contributed by atoms with E-state index in [2.05, 4.69) is 51.0 Å². The molecule has 0 aliphatic carbocycles. The van der Waals surface area contributed by atoms with Crippen molar-refractivity contribution < 1.29 is 9.53 Å². The highest BCUT2D eigenvalue weighted by Gasteiger charge is 2.20. The van der Waals surface area contributed by atoms with Gasteiger partial charge in [-0.3, -0.25) is 10.1 Å². The van der Waals surface area contributed by atoms with Crippen molar-refractivity contribution in [2.45, 2.75) is 32.9 Å². The predicted octanol–water partition coefficient (Wildman–Crippen LogP) is 3.95. The Balaban J connectivity index is 2.58. The van der Waals surface area contributed by atoms with Crippen molar-refractivity contribution in [1.29, 1.82) is 0 Å². The molecule has 0 aromatic carbocycles. The van der Waals surface area contributed by atoms with Crippen molar-refractivity contribution in [1.82, 2.24) is 5.32 Å².